The van der Waals surface area contributed by atoms with E-state index in [1.807, 2.05) is 4.90 Å². The number of nitrogens with one attached hydrogen (secondary N) is 1. The number of amides is 1. The van der Waals surface area contributed by atoms with E-state index in [0.717, 1.165) is 44.9 Å². The second-order valence-corrected chi connectivity index (χ2v) is 5.79. The monoisotopic (exact) mass is 240 g/mol. The minimum absolute atomic E-state index is 0.359. The van der Waals surface area contributed by atoms with Crippen LogP contribution in [0.5, 0.6) is 0 Å². The van der Waals surface area contributed by atoms with Crippen molar-refractivity contribution in [2.24, 2.45) is 11.8 Å². The summed E-state index contributed by atoms with van der Waals surface area (Å²) in [6.07, 6.45) is 4.76. The van der Waals surface area contributed by atoms with Gasteiger partial charge >= 0.3 is 0 Å². The lowest BCUT2D eigenvalue weighted by Gasteiger charge is -2.29. The van der Waals surface area contributed by atoms with Crippen LogP contribution in [0.3, 0.4) is 0 Å². The molecule has 0 unspecified atom stereocenters. The number of piperazine rings is 1. The van der Waals surface area contributed by atoms with Crippen molar-refractivity contribution in [2.45, 2.75) is 46.5 Å². The van der Waals surface area contributed by atoms with E-state index in [1.165, 1.54) is 12.8 Å². The third-order valence-electron chi connectivity index (χ3n) is 3.13. The van der Waals surface area contributed by atoms with Crippen molar-refractivity contribution in [2.75, 3.05) is 26.2 Å². The molecular formula is C14H28N2O. The zero-order chi connectivity index (χ0) is 12.7. The highest BCUT2D eigenvalue weighted by Crippen LogP contribution is 2.26. The quantitative estimate of drug-likeness (QED) is 0.762. The molecule has 100 valence electrons. The van der Waals surface area contributed by atoms with Crippen molar-refractivity contribution in [3.63, 3.8) is 0 Å². The predicted octanol–water partition coefficient (Wildman–Crippen LogP) is 2.27. The Morgan fingerprint density at radius 1 is 1.12 bits per heavy atom. The van der Waals surface area contributed by atoms with E-state index in [-0.39, 0.29) is 0 Å². The number of carbonyl (C=O) groups excluding carboxylic acids is 1. The summed E-state index contributed by atoms with van der Waals surface area (Å²) >= 11 is 0. The average molecular weight is 240 g/mol. The summed E-state index contributed by atoms with van der Waals surface area (Å²) < 4.78 is 0. The van der Waals surface area contributed by atoms with E-state index in [4.69, 9.17) is 0 Å². The Morgan fingerprint density at radius 2 is 1.59 bits per heavy atom. The van der Waals surface area contributed by atoms with Gasteiger partial charge in [-0.3, -0.25) is 4.79 Å². The zero-order valence-corrected chi connectivity index (χ0v) is 11.7. The van der Waals surface area contributed by atoms with E-state index in [0.29, 0.717) is 11.8 Å². The lowest BCUT2D eigenvalue weighted by molar-refractivity contribution is -0.135. The van der Waals surface area contributed by atoms with Crippen molar-refractivity contribution < 1.29 is 4.79 Å². The van der Waals surface area contributed by atoms with Gasteiger partial charge in [0.05, 0.1) is 0 Å². The second kappa shape index (κ2) is 7.70. The lowest BCUT2D eigenvalue weighted by Crippen LogP contribution is -2.48. The molecule has 1 saturated heterocycles. The fourth-order valence-corrected chi connectivity index (χ4v) is 2.32. The van der Waals surface area contributed by atoms with Crippen LogP contribution in [0.15, 0.2) is 0 Å². The molecular weight excluding hydrogens is 212 g/mol. The molecule has 1 amide bonds. The van der Waals surface area contributed by atoms with Crippen LogP contribution in [0.25, 0.3) is 0 Å². The first-order chi connectivity index (χ1) is 8.11. The van der Waals surface area contributed by atoms with Crippen LogP contribution in [0.2, 0.25) is 0 Å². The van der Waals surface area contributed by atoms with Crippen molar-refractivity contribution in [3.05, 3.63) is 0 Å². The van der Waals surface area contributed by atoms with Gasteiger partial charge in [-0.05, 0) is 18.8 Å². The molecule has 0 aromatic carbocycles. The molecule has 0 aromatic rings. The summed E-state index contributed by atoms with van der Waals surface area (Å²) in [5.74, 6) is 1.61. The standard InChI is InChI=1S/C10H18N2O.C4H10/c13-10(9-3-1-2-4-9)12-7-5-11-6-8-12;1-4(2)3/h9,11H,1-8H2;4H,1-3H3. The second-order valence-electron chi connectivity index (χ2n) is 5.79. The van der Waals surface area contributed by atoms with Gasteiger partial charge < -0.3 is 10.2 Å². The summed E-state index contributed by atoms with van der Waals surface area (Å²) in [6.45, 7) is 10.3. The van der Waals surface area contributed by atoms with Crippen molar-refractivity contribution in [1.82, 2.24) is 10.2 Å². The highest BCUT2D eigenvalue weighted by atomic mass is 16.2. The number of rotatable bonds is 1. The summed E-state index contributed by atoms with van der Waals surface area (Å²) in [6, 6.07) is 0. The fourth-order valence-electron chi connectivity index (χ4n) is 2.32. The number of nitrogens with zero attached hydrogens (tertiary/aromatic N) is 1. The SMILES string of the molecule is CC(C)C.O=C(C1CCCC1)N1CCNCC1. The topological polar surface area (TPSA) is 32.3 Å². The van der Waals surface area contributed by atoms with E-state index in [9.17, 15) is 4.79 Å². The van der Waals surface area contributed by atoms with Gasteiger partial charge in [-0.15, -0.1) is 0 Å². The molecule has 2 fully saturated rings. The summed E-state index contributed by atoms with van der Waals surface area (Å²) in [5.41, 5.74) is 0. The maximum absolute atomic E-state index is 11.9. The Hall–Kier alpha value is -0.570. The van der Waals surface area contributed by atoms with E-state index in [1.54, 1.807) is 0 Å². The average Bonchev–Trinajstić information content (AvgIpc) is 2.82. The highest BCUT2D eigenvalue weighted by molar-refractivity contribution is 5.79. The minimum atomic E-state index is 0.359. The highest BCUT2D eigenvalue weighted by Gasteiger charge is 2.27. The minimum Gasteiger partial charge on any atom is -0.340 e. The maximum Gasteiger partial charge on any atom is 0.225 e. The van der Waals surface area contributed by atoms with Crippen molar-refractivity contribution in [3.8, 4) is 0 Å². The Kier molecular flexibility index (Phi) is 6.56. The number of hydrogen-bond donors (Lipinski definition) is 1. The fraction of sp³-hybridized carbons (Fsp3) is 0.929. The van der Waals surface area contributed by atoms with Gasteiger partial charge in [0.1, 0.15) is 0 Å². The Bertz CT molecular complexity index is 214. The van der Waals surface area contributed by atoms with E-state index >= 15 is 0 Å². The molecule has 1 aliphatic carbocycles. The Labute approximate surface area is 106 Å². The molecule has 1 saturated carbocycles. The van der Waals surface area contributed by atoms with Gasteiger partial charge in [0, 0.05) is 32.1 Å². The third-order valence-corrected chi connectivity index (χ3v) is 3.13. The van der Waals surface area contributed by atoms with E-state index in [2.05, 4.69) is 26.1 Å². The molecule has 0 spiro atoms. The van der Waals surface area contributed by atoms with Crippen LogP contribution in [0.4, 0.5) is 0 Å². The molecule has 2 rings (SSSR count). The van der Waals surface area contributed by atoms with E-state index < -0.39 is 0 Å². The van der Waals surface area contributed by atoms with Crippen LogP contribution in [0, 0.1) is 11.8 Å². The van der Waals surface area contributed by atoms with Crippen LogP contribution in [0.1, 0.15) is 46.5 Å². The smallest absolute Gasteiger partial charge is 0.225 e. The predicted molar refractivity (Wildman–Crippen MR) is 71.9 cm³/mol. The summed E-state index contributed by atoms with van der Waals surface area (Å²) in [5, 5.41) is 3.27. The molecule has 0 radical (unpaired) electrons. The molecule has 0 aromatic heterocycles. The number of carbonyl (C=O) groups is 1. The zero-order valence-electron chi connectivity index (χ0n) is 11.7. The number of hydrogen-bond acceptors (Lipinski definition) is 2. The molecule has 3 heteroatoms. The normalized spacial score (nSPS) is 21.3. The molecule has 1 aliphatic heterocycles. The summed E-state index contributed by atoms with van der Waals surface area (Å²) in [7, 11) is 0. The molecule has 1 N–H and O–H groups in total. The Balaban J connectivity index is 0.000000317. The molecule has 1 heterocycles. The van der Waals surface area contributed by atoms with Gasteiger partial charge in [0.15, 0.2) is 0 Å². The first-order valence-corrected chi connectivity index (χ1v) is 7.10. The largest absolute Gasteiger partial charge is 0.340 e. The Morgan fingerprint density at radius 3 is 2.06 bits per heavy atom. The van der Waals surface area contributed by atoms with Crippen LogP contribution in [-0.4, -0.2) is 37.0 Å². The van der Waals surface area contributed by atoms with Crippen LogP contribution < -0.4 is 5.32 Å². The van der Waals surface area contributed by atoms with Gasteiger partial charge in [-0.1, -0.05) is 33.6 Å². The van der Waals surface area contributed by atoms with Gasteiger partial charge in [-0.2, -0.15) is 0 Å². The maximum atomic E-state index is 11.9. The van der Waals surface area contributed by atoms with Crippen molar-refractivity contribution >= 4 is 5.91 Å². The van der Waals surface area contributed by atoms with Gasteiger partial charge in [0.25, 0.3) is 0 Å². The lowest BCUT2D eigenvalue weighted by atomic mass is 10.1. The molecule has 3 nitrogen and oxygen atoms in total. The van der Waals surface area contributed by atoms with Gasteiger partial charge in [0.2, 0.25) is 5.91 Å². The van der Waals surface area contributed by atoms with Crippen molar-refractivity contribution in [1.29, 1.82) is 0 Å². The van der Waals surface area contributed by atoms with Crippen LogP contribution >= 0.6 is 0 Å². The third kappa shape index (κ3) is 5.53. The molecule has 2 aliphatic rings. The first kappa shape index (κ1) is 14.5. The molecule has 0 bridgehead atoms. The molecule has 0 atom stereocenters. The van der Waals surface area contributed by atoms with Gasteiger partial charge in [-0.25, -0.2) is 0 Å². The molecule has 17 heavy (non-hydrogen) atoms. The summed E-state index contributed by atoms with van der Waals surface area (Å²) in [4.78, 5) is 13.9. The van der Waals surface area contributed by atoms with Crippen LogP contribution in [-0.2, 0) is 4.79 Å². The first-order valence-electron chi connectivity index (χ1n) is 7.10.